The molecule has 0 saturated carbocycles. The Hall–Kier alpha value is -0.930. The first-order valence-electron chi connectivity index (χ1n) is 7.11. The summed E-state index contributed by atoms with van der Waals surface area (Å²) >= 11 is 0. The second kappa shape index (κ2) is 9.06. The largest absolute Gasteiger partial charge is 0.313 e. The van der Waals surface area contributed by atoms with Gasteiger partial charge in [-0.2, -0.15) is 0 Å². The summed E-state index contributed by atoms with van der Waals surface area (Å²) in [4.78, 5) is 6.80. The number of hydrogen-bond donors (Lipinski definition) is 1. The Morgan fingerprint density at radius 2 is 2.17 bits per heavy atom. The Labute approximate surface area is 112 Å². The van der Waals surface area contributed by atoms with Crippen LogP contribution in [0.4, 0.5) is 0 Å². The number of nitrogens with zero attached hydrogens (tertiary/aromatic N) is 2. The first-order chi connectivity index (χ1) is 8.76. The van der Waals surface area contributed by atoms with Crippen molar-refractivity contribution in [2.45, 2.75) is 46.2 Å². The number of pyridine rings is 1. The predicted molar refractivity (Wildman–Crippen MR) is 77.6 cm³/mol. The molecule has 0 spiro atoms. The van der Waals surface area contributed by atoms with Crippen molar-refractivity contribution in [2.75, 3.05) is 19.6 Å². The Morgan fingerprint density at radius 3 is 2.78 bits per heavy atom. The molecule has 0 fully saturated rings. The van der Waals surface area contributed by atoms with Crippen LogP contribution in [0.1, 0.15) is 39.3 Å². The summed E-state index contributed by atoms with van der Waals surface area (Å²) < 4.78 is 0. The minimum absolute atomic E-state index is 0.628. The minimum atomic E-state index is 0.628. The fourth-order valence-electron chi connectivity index (χ4n) is 2.07. The lowest BCUT2D eigenvalue weighted by molar-refractivity contribution is 0.271. The van der Waals surface area contributed by atoms with Gasteiger partial charge in [0.15, 0.2) is 0 Å². The molecule has 0 saturated heterocycles. The van der Waals surface area contributed by atoms with Gasteiger partial charge >= 0.3 is 0 Å². The number of aromatic nitrogens is 1. The van der Waals surface area contributed by atoms with Crippen LogP contribution in [0.5, 0.6) is 0 Å². The van der Waals surface area contributed by atoms with E-state index in [0.29, 0.717) is 6.04 Å². The highest BCUT2D eigenvalue weighted by molar-refractivity contribution is 5.03. The second-order valence-corrected chi connectivity index (χ2v) is 4.83. The molecular weight excluding hydrogens is 222 g/mol. The monoisotopic (exact) mass is 249 g/mol. The van der Waals surface area contributed by atoms with Crippen molar-refractivity contribution in [2.24, 2.45) is 0 Å². The molecule has 3 nitrogen and oxygen atoms in total. The van der Waals surface area contributed by atoms with Crippen LogP contribution in [0.3, 0.4) is 0 Å². The van der Waals surface area contributed by atoms with Gasteiger partial charge in [-0.25, -0.2) is 0 Å². The lowest BCUT2D eigenvalue weighted by atomic mass is 10.2. The van der Waals surface area contributed by atoms with E-state index in [4.69, 9.17) is 0 Å². The Kier molecular flexibility index (Phi) is 7.62. The standard InChI is InChI=1S/C15H27N3/c1-4-8-14(3)16-11-12-18(5-2)13-15-9-6-7-10-17-15/h6-7,9-10,14,16H,4-5,8,11-13H2,1-3H3. The van der Waals surface area contributed by atoms with Crippen molar-refractivity contribution < 1.29 is 0 Å². The first-order valence-corrected chi connectivity index (χ1v) is 7.11. The van der Waals surface area contributed by atoms with Gasteiger partial charge in [0.05, 0.1) is 5.69 Å². The van der Waals surface area contributed by atoms with Crippen LogP contribution in [0.25, 0.3) is 0 Å². The van der Waals surface area contributed by atoms with Gasteiger partial charge in [-0.15, -0.1) is 0 Å². The molecule has 1 heterocycles. The average Bonchev–Trinajstić information content (AvgIpc) is 2.39. The van der Waals surface area contributed by atoms with Crippen LogP contribution in [-0.4, -0.2) is 35.6 Å². The van der Waals surface area contributed by atoms with E-state index in [2.05, 4.69) is 48.1 Å². The Morgan fingerprint density at radius 1 is 1.33 bits per heavy atom. The summed E-state index contributed by atoms with van der Waals surface area (Å²) in [7, 11) is 0. The van der Waals surface area contributed by atoms with Gasteiger partial charge in [0.1, 0.15) is 0 Å². The highest BCUT2D eigenvalue weighted by Crippen LogP contribution is 2.00. The summed E-state index contributed by atoms with van der Waals surface area (Å²) in [5.41, 5.74) is 1.15. The van der Waals surface area contributed by atoms with E-state index < -0.39 is 0 Å². The number of rotatable bonds is 9. The highest BCUT2D eigenvalue weighted by Gasteiger charge is 2.05. The normalized spacial score (nSPS) is 12.9. The van der Waals surface area contributed by atoms with Crippen LogP contribution >= 0.6 is 0 Å². The molecule has 102 valence electrons. The van der Waals surface area contributed by atoms with E-state index in [0.717, 1.165) is 31.9 Å². The molecule has 18 heavy (non-hydrogen) atoms. The molecule has 1 unspecified atom stereocenters. The van der Waals surface area contributed by atoms with Crippen LogP contribution in [0.2, 0.25) is 0 Å². The molecular formula is C15H27N3. The first kappa shape index (κ1) is 15.1. The third-order valence-corrected chi connectivity index (χ3v) is 3.20. The van der Waals surface area contributed by atoms with E-state index in [-0.39, 0.29) is 0 Å². The maximum atomic E-state index is 4.38. The molecule has 0 amide bonds. The summed E-state index contributed by atoms with van der Waals surface area (Å²) in [6.07, 6.45) is 4.37. The van der Waals surface area contributed by atoms with Gasteiger partial charge in [-0.3, -0.25) is 9.88 Å². The SMILES string of the molecule is CCCC(C)NCCN(CC)Cc1ccccn1. The summed E-state index contributed by atoms with van der Waals surface area (Å²) in [5.74, 6) is 0. The molecule has 1 N–H and O–H groups in total. The summed E-state index contributed by atoms with van der Waals surface area (Å²) in [6.45, 7) is 10.9. The predicted octanol–water partition coefficient (Wildman–Crippen LogP) is 2.68. The zero-order valence-electron chi connectivity index (χ0n) is 12.0. The molecule has 0 radical (unpaired) electrons. The second-order valence-electron chi connectivity index (χ2n) is 4.83. The average molecular weight is 249 g/mol. The number of hydrogen-bond acceptors (Lipinski definition) is 3. The van der Waals surface area contributed by atoms with Crippen LogP contribution in [-0.2, 0) is 6.54 Å². The van der Waals surface area contributed by atoms with Crippen molar-refractivity contribution >= 4 is 0 Å². The van der Waals surface area contributed by atoms with Gasteiger partial charge < -0.3 is 5.32 Å². The van der Waals surface area contributed by atoms with Crippen LogP contribution in [0, 0.1) is 0 Å². The van der Waals surface area contributed by atoms with E-state index in [1.807, 2.05) is 12.3 Å². The van der Waals surface area contributed by atoms with Gasteiger partial charge in [-0.1, -0.05) is 26.3 Å². The molecule has 0 aliphatic rings. The smallest absolute Gasteiger partial charge is 0.0543 e. The molecule has 3 heteroatoms. The summed E-state index contributed by atoms with van der Waals surface area (Å²) in [5, 5.41) is 3.57. The molecule has 1 aromatic rings. The van der Waals surface area contributed by atoms with Gasteiger partial charge in [-0.05, 0) is 32.0 Å². The van der Waals surface area contributed by atoms with Gasteiger partial charge in [0, 0.05) is 31.9 Å². The van der Waals surface area contributed by atoms with E-state index in [9.17, 15) is 0 Å². The molecule has 0 aromatic carbocycles. The molecule has 1 rings (SSSR count). The molecule has 0 aliphatic carbocycles. The third-order valence-electron chi connectivity index (χ3n) is 3.20. The lowest BCUT2D eigenvalue weighted by Gasteiger charge is -2.21. The third kappa shape index (κ3) is 6.12. The molecule has 1 aromatic heterocycles. The Balaban J connectivity index is 2.25. The van der Waals surface area contributed by atoms with E-state index in [1.54, 1.807) is 0 Å². The zero-order chi connectivity index (χ0) is 13.2. The highest BCUT2D eigenvalue weighted by atomic mass is 15.1. The maximum absolute atomic E-state index is 4.38. The fraction of sp³-hybridized carbons (Fsp3) is 0.667. The lowest BCUT2D eigenvalue weighted by Crippen LogP contribution is -2.35. The van der Waals surface area contributed by atoms with E-state index in [1.165, 1.54) is 12.8 Å². The topological polar surface area (TPSA) is 28.2 Å². The zero-order valence-corrected chi connectivity index (χ0v) is 12.0. The van der Waals surface area contributed by atoms with Crippen LogP contribution in [0.15, 0.2) is 24.4 Å². The van der Waals surface area contributed by atoms with Crippen molar-refractivity contribution in [1.82, 2.24) is 15.2 Å². The quantitative estimate of drug-likeness (QED) is 0.729. The van der Waals surface area contributed by atoms with Crippen molar-refractivity contribution in [3.05, 3.63) is 30.1 Å². The van der Waals surface area contributed by atoms with Crippen molar-refractivity contribution in [1.29, 1.82) is 0 Å². The molecule has 0 bridgehead atoms. The van der Waals surface area contributed by atoms with Gasteiger partial charge in [0.2, 0.25) is 0 Å². The van der Waals surface area contributed by atoms with E-state index >= 15 is 0 Å². The number of nitrogens with one attached hydrogen (secondary N) is 1. The molecule has 1 atom stereocenters. The van der Waals surface area contributed by atoms with Crippen molar-refractivity contribution in [3.8, 4) is 0 Å². The fourth-order valence-corrected chi connectivity index (χ4v) is 2.07. The Bertz CT molecular complexity index is 300. The number of likely N-dealkylation sites (N-methyl/N-ethyl adjacent to an activating group) is 1. The molecule has 0 aliphatic heterocycles. The minimum Gasteiger partial charge on any atom is -0.313 e. The van der Waals surface area contributed by atoms with Crippen molar-refractivity contribution in [3.63, 3.8) is 0 Å². The van der Waals surface area contributed by atoms with Crippen LogP contribution < -0.4 is 5.32 Å². The summed E-state index contributed by atoms with van der Waals surface area (Å²) in [6, 6.07) is 6.74. The van der Waals surface area contributed by atoms with Gasteiger partial charge in [0.25, 0.3) is 0 Å². The maximum Gasteiger partial charge on any atom is 0.0543 e.